The molecule has 2 aromatic rings. The number of anilines is 1. The van der Waals surface area contributed by atoms with E-state index in [1.54, 1.807) is 6.33 Å². The number of thiophene rings is 1. The van der Waals surface area contributed by atoms with Gasteiger partial charge in [0, 0.05) is 10.9 Å². The summed E-state index contributed by atoms with van der Waals surface area (Å²) in [5.41, 5.74) is 1.47. The fourth-order valence-electron chi connectivity index (χ4n) is 3.88. The minimum absolute atomic E-state index is 0.167. The molecule has 2 N–H and O–H groups in total. The average Bonchev–Trinajstić information content (AvgIpc) is 2.86. The Bertz CT molecular complexity index is 684. The van der Waals surface area contributed by atoms with Gasteiger partial charge in [0.05, 0.1) is 11.5 Å². The van der Waals surface area contributed by atoms with Crippen molar-refractivity contribution >= 4 is 27.4 Å². The summed E-state index contributed by atoms with van der Waals surface area (Å²) < 4.78 is 0. The van der Waals surface area contributed by atoms with Gasteiger partial charge in [-0.3, -0.25) is 0 Å². The Morgan fingerprint density at radius 3 is 3.05 bits per heavy atom. The zero-order valence-electron chi connectivity index (χ0n) is 13.0. The minimum Gasteiger partial charge on any atom is -0.393 e. The first-order valence-corrected chi connectivity index (χ1v) is 9.22. The van der Waals surface area contributed by atoms with Crippen LogP contribution in [0.15, 0.2) is 6.33 Å². The molecule has 2 aliphatic carbocycles. The molecule has 22 heavy (non-hydrogen) atoms. The van der Waals surface area contributed by atoms with E-state index in [2.05, 4.69) is 22.2 Å². The highest BCUT2D eigenvalue weighted by Crippen LogP contribution is 2.40. The zero-order valence-corrected chi connectivity index (χ0v) is 13.8. The lowest BCUT2D eigenvalue weighted by Gasteiger charge is -2.27. The maximum Gasteiger partial charge on any atom is 0.138 e. The Balaban J connectivity index is 1.70. The molecule has 5 heteroatoms. The van der Waals surface area contributed by atoms with Crippen molar-refractivity contribution in [1.29, 1.82) is 0 Å². The SMILES string of the molecule is CC1CCc2sc3ncnc(NC4CCCC(O)C4)c3c2C1. The molecule has 0 radical (unpaired) electrons. The number of aryl methyl sites for hydroxylation is 1. The van der Waals surface area contributed by atoms with Crippen LogP contribution in [0.25, 0.3) is 10.2 Å². The molecule has 2 aliphatic rings. The minimum atomic E-state index is -0.167. The van der Waals surface area contributed by atoms with Gasteiger partial charge in [-0.25, -0.2) is 9.97 Å². The molecule has 0 spiro atoms. The molecule has 0 aliphatic heterocycles. The molecule has 1 saturated carbocycles. The first-order valence-electron chi connectivity index (χ1n) is 8.40. The van der Waals surface area contributed by atoms with Crippen molar-refractivity contribution in [1.82, 2.24) is 9.97 Å². The Kier molecular flexibility index (Phi) is 3.78. The first kappa shape index (κ1) is 14.4. The van der Waals surface area contributed by atoms with Crippen molar-refractivity contribution < 1.29 is 5.11 Å². The molecular weight excluding hydrogens is 294 g/mol. The number of nitrogens with zero attached hydrogens (tertiary/aromatic N) is 2. The van der Waals surface area contributed by atoms with Gasteiger partial charge in [-0.1, -0.05) is 6.92 Å². The second kappa shape index (κ2) is 5.78. The van der Waals surface area contributed by atoms with E-state index in [0.29, 0.717) is 6.04 Å². The molecule has 4 nitrogen and oxygen atoms in total. The number of fused-ring (bicyclic) bond motifs is 3. The summed E-state index contributed by atoms with van der Waals surface area (Å²) >= 11 is 1.84. The number of nitrogens with one attached hydrogen (secondary N) is 1. The third-order valence-electron chi connectivity index (χ3n) is 5.07. The second-order valence-corrected chi connectivity index (χ2v) is 8.00. The Morgan fingerprint density at radius 2 is 2.18 bits per heavy atom. The third-order valence-corrected chi connectivity index (χ3v) is 6.27. The maximum absolute atomic E-state index is 9.89. The zero-order chi connectivity index (χ0) is 15.1. The van der Waals surface area contributed by atoms with Crippen LogP contribution in [-0.4, -0.2) is 27.2 Å². The van der Waals surface area contributed by atoms with Crippen molar-refractivity contribution in [2.45, 2.75) is 64.0 Å². The van der Waals surface area contributed by atoms with E-state index in [9.17, 15) is 5.11 Å². The topological polar surface area (TPSA) is 58.0 Å². The van der Waals surface area contributed by atoms with Crippen LogP contribution in [0.5, 0.6) is 0 Å². The van der Waals surface area contributed by atoms with Crippen LogP contribution in [0.2, 0.25) is 0 Å². The van der Waals surface area contributed by atoms with Crippen molar-refractivity contribution in [3.05, 3.63) is 16.8 Å². The smallest absolute Gasteiger partial charge is 0.138 e. The highest BCUT2D eigenvalue weighted by molar-refractivity contribution is 7.19. The molecule has 3 unspecified atom stereocenters. The predicted octanol–water partition coefficient (Wildman–Crippen LogP) is 3.53. The van der Waals surface area contributed by atoms with Crippen molar-refractivity contribution in [3.63, 3.8) is 0 Å². The first-order chi connectivity index (χ1) is 10.7. The number of aromatic nitrogens is 2. The molecule has 1 fully saturated rings. The van der Waals surface area contributed by atoms with E-state index in [1.807, 2.05) is 11.3 Å². The lowest BCUT2D eigenvalue weighted by atomic mass is 9.88. The molecule has 118 valence electrons. The number of hydrogen-bond donors (Lipinski definition) is 2. The predicted molar refractivity (Wildman–Crippen MR) is 90.5 cm³/mol. The van der Waals surface area contributed by atoms with Gasteiger partial charge in [0.2, 0.25) is 0 Å². The van der Waals surface area contributed by atoms with Crippen LogP contribution < -0.4 is 5.32 Å². The molecule has 0 saturated heterocycles. The van der Waals surface area contributed by atoms with Gasteiger partial charge in [0.1, 0.15) is 17.0 Å². The van der Waals surface area contributed by atoms with Crippen LogP contribution in [-0.2, 0) is 12.8 Å². The van der Waals surface area contributed by atoms with Gasteiger partial charge in [-0.2, -0.15) is 0 Å². The fraction of sp³-hybridized carbons (Fsp3) is 0.647. The van der Waals surface area contributed by atoms with Crippen LogP contribution in [0.1, 0.15) is 49.5 Å². The Labute approximate surface area is 135 Å². The van der Waals surface area contributed by atoms with Crippen molar-refractivity contribution in [3.8, 4) is 0 Å². The molecule has 4 rings (SSSR count). The number of aliphatic hydroxyl groups is 1. The normalized spacial score (nSPS) is 28.5. The van der Waals surface area contributed by atoms with Gasteiger partial charge < -0.3 is 10.4 Å². The summed E-state index contributed by atoms with van der Waals surface area (Å²) in [6.07, 6.45) is 9.08. The third kappa shape index (κ3) is 2.61. The van der Waals surface area contributed by atoms with Crippen molar-refractivity contribution in [2.24, 2.45) is 5.92 Å². The number of aliphatic hydroxyl groups excluding tert-OH is 1. The van der Waals surface area contributed by atoms with E-state index in [0.717, 1.165) is 48.7 Å². The fourth-order valence-corrected chi connectivity index (χ4v) is 5.06. The summed E-state index contributed by atoms with van der Waals surface area (Å²) in [7, 11) is 0. The molecule has 2 heterocycles. The average molecular weight is 317 g/mol. The molecule has 0 amide bonds. The van der Waals surface area contributed by atoms with Crippen LogP contribution >= 0.6 is 11.3 Å². The van der Waals surface area contributed by atoms with Gasteiger partial charge in [-0.15, -0.1) is 11.3 Å². The highest BCUT2D eigenvalue weighted by Gasteiger charge is 2.25. The quantitative estimate of drug-likeness (QED) is 0.889. The highest BCUT2D eigenvalue weighted by atomic mass is 32.1. The Morgan fingerprint density at radius 1 is 1.27 bits per heavy atom. The monoisotopic (exact) mass is 317 g/mol. The lowest BCUT2D eigenvalue weighted by molar-refractivity contribution is 0.124. The van der Waals surface area contributed by atoms with E-state index in [4.69, 9.17) is 0 Å². The largest absolute Gasteiger partial charge is 0.393 e. The second-order valence-electron chi connectivity index (χ2n) is 6.92. The van der Waals surface area contributed by atoms with Gasteiger partial charge in [0.25, 0.3) is 0 Å². The summed E-state index contributed by atoms with van der Waals surface area (Å²) in [4.78, 5) is 11.7. The van der Waals surface area contributed by atoms with Crippen LogP contribution in [0, 0.1) is 5.92 Å². The van der Waals surface area contributed by atoms with E-state index < -0.39 is 0 Å². The summed E-state index contributed by atoms with van der Waals surface area (Å²) in [6, 6.07) is 0.332. The maximum atomic E-state index is 9.89. The van der Waals surface area contributed by atoms with Crippen molar-refractivity contribution in [2.75, 3.05) is 5.32 Å². The standard InChI is InChI=1S/C17H23N3OS/c1-10-5-6-14-13(7-10)15-16(18-9-19-17(15)22-14)20-11-3-2-4-12(21)8-11/h9-12,21H,2-8H2,1H3,(H,18,19,20). The summed E-state index contributed by atoms with van der Waals surface area (Å²) in [5, 5.41) is 14.7. The summed E-state index contributed by atoms with van der Waals surface area (Å²) in [6.45, 7) is 2.33. The molecule has 0 bridgehead atoms. The van der Waals surface area contributed by atoms with E-state index >= 15 is 0 Å². The summed E-state index contributed by atoms with van der Waals surface area (Å²) in [5.74, 6) is 1.73. The lowest BCUT2D eigenvalue weighted by Crippen LogP contribution is -2.30. The Hall–Kier alpha value is -1.20. The van der Waals surface area contributed by atoms with E-state index in [1.165, 1.54) is 28.7 Å². The van der Waals surface area contributed by atoms with Gasteiger partial charge in [-0.05, 0) is 56.4 Å². The van der Waals surface area contributed by atoms with Gasteiger partial charge in [0.15, 0.2) is 0 Å². The van der Waals surface area contributed by atoms with Gasteiger partial charge >= 0.3 is 0 Å². The number of rotatable bonds is 2. The molecule has 2 aromatic heterocycles. The van der Waals surface area contributed by atoms with Crippen LogP contribution in [0.3, 0.4) is 0 Å². The van der Waals surface area contributed by atoms with E-state index in [-0.39, 0.29) is 6.10 Å². The van der Waals surface area contributed by atoms with Crippen LogP contribution in [0.4, 0.5) is 5.82 Å². The molecule has 0 aromatic carbocycles. The molecular formula is C17H23N3OS. The number of hydrogen-bond acceptors (Lipinski definition) is 5. The molecule has 3 atom stereocenters.